The normalized spacial score (nSPS) is 10.3. The highest BCUT2D eigenvalue weighted by atomic mass is 32.1. The van der Waals surface area contributed by atoms with Crippen molar-refractivity contribution in [2.75, 3.05) is 6.61 Å². The summed E-state index contributed by atoms with van der Waals surface area (Å²) in [6.07, 6.45) is 9.24. The molecule has 0 bridgehead atoms. The van der Waals surface area contributed by atoms with E-state index in [1.807, 2.05) is 6.07 Å². The molecule has 1 aromatic rings. The maximum atomic E-state index is 5.65. The third kappa shape index (κ3) is 5.96. The van der Waals surface area contributed by atoms with Gasteiger partial charge in [0.2, 0.25) is 0 Å². The van der Waals surface area contributed by atoms with E-state index in [1.54, 1.807) is 12.3 Å². The van der Waals surface area contributed by atoms with Crippen molar-refractivity contribution < 1.29 is 4.74 Å². The molecule has 3 nitrogen and oxygen atoms in total. The first-order valence-corrected chi connectivity index (χ1v) is 7.03. The number of nitrogens with two attached hydrogens (primary N) is 1. The average Bonchev–Trinajstić information content (AvgIpc) is 2.38. The molecular weight excluding hydrogens is 244 g/mol. The van der Waals surface area contributed by atoms with Crippen molar-refractivity contribution in [3.05, 3.63) is 24.0 Å². The van der Waals surface area contributed by atoms with Gasteiger partial charge in [-0.15, -0.1) is 0 Å². The van der Waals surface area contributed by atoms with Crippen LogP contribution in [0.2, 0.25) is 0 Å². The molecule has 1 aromatic heterocycles. The van der Waals surface area contributed by atoms with E-state index in [1.165, 1.54) is 32.1 Å². The molecule has 0 saturated heterocycles. The van der Waals surface area contributed by atoms with Gasteiger partial charge in [0.25, 0.3) is 0 Å². The minimum Gasteiger partial charge on any atom is -0.493 e. The standard InChI is InChI=1S/C14H22N2OS/c1-2-3-4-5-6-7-10-17-12-8-9-16-13(11-12)14(15)18/h8-9,11H,2-7,10H2,1H3,(H2,15,18). The first kappa shape index (κ1) is 14.9. The SMILES string of the molecule is CCCCCCCCOc1ccnc(C(N)=S)c1. The number of rotatable bonds is 9. The van der Waals surface area contributed by atoms with E-state index in [-0.39, 0.29) is 0 Å². The lowest BCUT2D eigenvalue weighted by molar-refractivity contribution is 0.304. The molecule has 0 aliphatic heterocycles. The van der Waals surface area contributed by atoms with Crippen LogP contribution in [0.1, 0.15) is 51.1 Å². The number of aromatic nitrogens is 1. The van der Waals surface area contributed by atoms with Crippen molar-refractivity contribution in [2.24, 2.45) is 5.73 Å². The van der Waals surface area contributed by atoms with Crippen molar-refractivity contribution in [3.63, 3.8) is 0 Å². The molecule has 0 unspecified atom stereocenters. The van der Waals surface area contributed by atoms with Gasteiger partial charge in [0.15, 0.2) is 0 Å². The minimum atomic E-state index is 0.306. The Labute approximate surface area is 115 Å². The summed E-state index contributed by atoms with van der Waals surface area (Å²) in [5.74, 6) is 0.793. The van der Waals surface area contributed by atoms with Gasteiger partial charge in [0, 0.05) is 12.3 Å². The summed E-state index contributed by atoms with van der Waals surface area (Å²) in [7, 11) is 0. The molecule has 0 saturated carbocycles. The predicted molar refractivity (Wildman–Crippen MR) is 79.0 cm³/mol. The number of unbranched alkanes of at least 4 members (excludes halogenated alkanes) is 5. The number of thiocarbonyl (C=S) groups is 1. The molecular formula is C14H22N2OS. The molecule has 0 radical (unpaired) electrons. The van der Waals surface area contributed by atoms with Gasteiger partial charge in [0.1, 0.15) is 16.4 Å². The number of ether oxygens (including phenoxy) is 1. The predicted octanol–water partition coefficient (Wildman–Crippen LogP) is 3.46. The van der Waals surface area contributed by atoms with E-state index in [4.69, 9.17) is 22.7 Å². The van der Waals surface area contributed by atoms with Gasteiger partial charge in [-0.05, 0) is 12.5 Å². The van der Waals surface area contributed by atoms with Crippen LogP contribution in [-0.2, 0) is 0 Å². The number of pyridine rings is 1. The molecule has 4 heteroatoms. The van der Waals surface area contributed by atoms with Crippen molar-refractivity contribution in [2.45, 2.75) is 45.4 Å². The summed E-state index contributed by atoms with van der Waals surface area (Å²) in [5, 5.41) is 0. The maximum absolute atomic E-state index is 5.65. The Bertz CT molecular complexity index is 369. The molecule has 0 atom stereocenters. The smallest absolute Gasteiger partial charge is 0.123 e. The van der Waals surface area contributed by atoms with Gasteiger partial charge < -0.3 is 10.5 Å². The Morgan fingerprint density at radius 3 is 2.72 bits per heavy atom. The molecule has 0 aliphatic carbocycles. The molecule has 0 aliphatic rings. The number of nitrogens with zero attached hydrogens (tertiary/aromatic N) is 1. The zero-order valence-corrected chi connectivity index (χ0v) is 11.8. The fourth-order valence-electron chi connectivity index (χ4n) is 1.71. The Balaban J connectivity index is 2.19. The first-order chi connectivity index (χ1) is 8.74. The zero-order valence-electron chi connectivity index (χ0n) is 11.0. The lowest BCUT2D eigenvalue weighted by Crippen LogP contribution is -2.11. The van der Waals surface area contributed by atoms with Crippen LogP contribution in [0.4, 0.5) is 0 Å². The Kier molecular flexibility index (Phi) is 7.34. The zero-order chi connectivity index (χ0) is 13.2. The Hall–Kier alpha value is -1.16. The highest BCUT2D eigenvalue weighted by Gasteiger charge is 2.00. The quantitative estimate of drug-likeness (QED) is 0.549. The number of hydrogen-bond acceptors (Lipinski definition) is 3. The summed E-state index contributed by atoms with van der Waals surface area (Å²) in [6, 6.07) is 3.62. The fourth-order valence-corrected chi connectivity index (χ4v) is 1.82. The molecule has 2 N–H and O–H groups in total. The maximum Gasteiger partial charge on any atom is 0.123 e. The number of hydrogen-bond donors (Lipinski definition) is 1. The average molecular weight is 266 g/mol. The highest BCUT2D eigenvalue weighted by molar-refractivity contribution is 7.80. The largest absolute Gasteiger partial charge is 0.493 e. The topological polar surface area (TPSA) is 48.1 Å². The molecule has 0 fully saturated rings. The lowest BCUT2D eigenvalue weighted by Gasteiger charge is -2.07. The van der Waals surface area contributed by atoms with E-state index in [9.17, 15) is 0 Å². The van der Waals surface area contributed by atoms with Crippen LogP contribution in [-0.4, -0.2) is 16.6 Å². The molecule has 0 aromatic carbocycles. The van der Waals surface area contributed by atoms with Crippen LogP contribution < -0.4 is 10.5 Å². The van der Waals surface area contributed by atoms with Gasteiger partial charge in [-0.25, -0.2) is 0 Å². The van der Waals surface area contributed by atoms with Gasteiger partial charge in [-0.1, -0.05) is 51.2 Å². The van der Waals surface area contributed by atoms with Crippen LogP contribution in [0.3, 0.4) is 0 Å². The summed E-state index contributed by atoms with van der Waals surface area (Å²) in [6.45, 7) is 2.97. The summed E-state index contributed by atoms with van der Waals surface area (Å²) in [5.41, 5.74) is 6.14. The van der Waals surface area contributed by atoms with Crippen LogP contribution >= 0.6 is 12.2 Å². The van der Waals surface area contributed by atoms with Crippen LogP contribution in [0.5, 0.6) is 5.75 Å². The van der Waals surface area contributed by atoms with Crippen LogP contribution in [0.25, 0.3) is 0 Å². The Morgan fingerprint density at radius 1 is 1.28 bits per heavy atom. The fraction of sp³-hybridized carbons (Fsp3) is 0.571. The highest BCUT2D eigenvalue weighted by Crippen LogP contribution is 2.12. The molecule has 1 rings (SSSR count). The summed E-state index contributed by atoms with van der Waals surface area (Å²) >= 11 is 4.88. The van der Waals surface area contributed by atoms with E-state index >= 15 is 0 Å². The second-order valence-electron chi connectivity index (χ2n) is 4.36. The van der Waals surface area contributed by atoms with Gasteiger partial charge >= 0.3 is 0 Å². The second kappa shape index (κ2) is 8.86. The molecule has 0 spiro atoms. The Morgan fingerprint density at radius 2 is 2.00 bits per heavy atom. The second-order valence-corrected chi connectivity index (χ2v) is 4.80. The van der Waals surface area contributed by atoms with E-state index in [2.05, 4.69) is 11.9 Å². The third-order valence-corrected chi connectivity index (χ3v) is 2.96. The van der Waals surface area contributed by atoms with Crippen molar-refractivity contribution in [1.29, 1.82) is 0 Å². The van der Waals surface area contributed by atoms with Gasteiger partial charge in [-0.3, -0.25) is 4.98 Å². The molecule has 18 heavy (non-hydrogen) atoms. The molecule has 100 valence electrons. The summed E-state index contributed by atoms with van der Waals surface area (Å²) in [4.78, 5) is 4.38. The van der Waals surface area contributed by atoms with Crippen LogP contribution in [0, 0.1) is 0 Å². The van der Waals surface area contributed by atoms with E-state index < -0.39 is 0 Å². The molecule has 1 heterocycles. The first-order valence-electron chi connectivity index (χ1n) is 6.62. The van der Waals surface area contributed by atoms with Gasteiger partial charge in [-0.2, -0.15) is 0 Å². The third-order valence-electron chi connectivity index (χ3n) is 2.75. The van der Waals surface area contributed by atoms with E-state index in [0.717, 1.165) is 18.8 Å². The van der Waals surface area contributed by atoms with Gasteiger partial charge in [0.05, 0.1) is 6.61 Å². The van der Waals surface area contributed by atoms with Crippen molar-refractivity contribution in [1.82, 2.24) is 4.98 Å². The monoisotopic (exact) mass is 266 g/mol. The molecule has 0 amide bonds. The minimum absolute atomic E-state index is 0.306. The van der Waals surface area contributed by atoms with Crippen LogP contribution in [0.15, 0.2) is 18.3 Å². The van der Waals surface area contributed by atoms with E-state index in [0.29, 0.717) is 10.7 Å². The summed E-state index contributed by atoms with van der Waals surface area (Å²) < 4.78 is 5.65. The van der Waals surface area contributed by atoms with Crippen molar-refractivity contribution in [3.8, 4) is 5.75 Å². The lowest BCUT2D eigenvalue weighted by atomic mass is 10.1. The van der Waals surface area contributed by atoms with Crippen molar-refractivity contribution >= 4 is 17.2 Å².